The van der Waals surface area contributed by atoms with Crippen molar-refractivity contribution in [1.29, 1.82) is 0 Å². The van der Waals surface area contributed by atoms with Gasteiger partial charge in [0, 0.05) is 12.4 Å². The van der Waals surface area contributed by atoms with E-state index in [4.69, 9.17) is 0 Å². The van der Waals surface area contributed by atoms with Crippen LogP contribution in [0.15, 0.2) is 77.6 Å². The highest BCUT2D eigenvalue weighted by molar-refractivity contribution is 6.05. The maximum absolute atomic E-state index is 14.0. The average Bonchev–Trinajstić information content (AvgIpc) is 2.80. The molecular formula is C25H22FN3O2. The summed E-state index contributed by atoms with van der Waals surface area (Å²) in [5.41, 5.74) is 2.48. The van der Waals surface area contributed by atoms with Crippen LogP contribution in [0, 0.1) is 5.82 Å². The average molecular weight is 415 g/mol. The van der Waals surface area contributed by atoms with Crippen LogP contribution >= 0.6 is 0 Å². The fourth-order valence-electron chi connectivity index (χ4n) is 3.66. The standard InChI is InChI=1S/C25H22FN3O2/c1-3-16-11-13-17(14-12-16)22(18-7-6-8-19(26)15-18)27-24(30)23-20-9-4-5-10-21(20)25(31)29(2)28-23/h4-15,22H,3H2,1-2H3,(H,27,30)/t22-/m0/s1. The summed E-state index contributed by atoms with van der Waals surface area (Å²) in [6.07, 6.45) is 0.894. The zero-order valence-electron chi connectivity index (χ0n) is 17.3. The lowest BCUT2D eigenvalue weighted by Crippen LogP contribution is -2.32. The molecule has 4 rings (SSSR count). The van der Waals surface area contributed by atoms with Crippen molar-refractivity contribution in [3.8, 4) is 0 Å². The van der Waals surface area contributed by atoms with Crippen molar-refractivity contribution in [2.24, 2.45) is 7.05 Å². The second-order valence-corrected chi connectivity index (χ2v) is 7.38. The highest BCUT2D eigenvalue weighted by Crippen LogP contribution is 2.24. The van der Waals surface area contributed by atoms with E-state index in [1.165, 1.54) is 24.7 Å². The Hall–Kier alpha value is -3.80. The fourth-order valence-corrected chi connectivity index (χ4v) is 3.66. The minimum Gasteiger partial charge on any atom is -0.340 e. The van der Waals surface area contributed by atoms with Crippen LogP contribution in [0.1, 0.15) is 40.1 Å². The van der Waals surface area contributed by atoms with E-state index in [1.54, 1.807) is 36.4 Å². The lowest BCUT2D eigenvalue weighted by atomic mass is 9.96. The molecule has 0 spiro atoms. The third-order valence-corrected chi connectivity index (χ3v) is 5.35. The Morgan fingerprint density at radius 2 is 1.71 bits per heavy atom. The number of aryl methyl sites for hydroxylation is 2. The van der Waals surface area contributed by atoms with Gasteiger partial charge in [0.25, 0.3) is 11.5 Å². The molecular weight excluding hydrogens is 393 g/mol. The van der Waals surface area contributed by atoms with E-state index in [1.807, 2.05) is 24.3 Å². The van der Waals surface area contributed by atoms with Gasteiger partial charge in [0.2, 0.25) is 0 Å². The van der Waals surface area contributed by atoms with E-state index in [-0.39, 0.29) is 17.1 Å². The quantitative estimate of drug-likeness (QED) is 0.533. The maximum Gasteiger partial charge on any atom is 0.274 e. The molecule has 0 aliphatic heterocycles. The molecule has 0 saturated heterocycles. The van der Waals surface area contributed by atoms with Crippen LogP contribution in [-0.4, -0.2) is 15.7 Å². The molecule has 0 fully saturated rings. The number of hydrogen-bond donors (Lipinski definition) is 1. The van der Waals surface area contributed by atoms with Crippen molar-refractivity contribution < 1.29 is 9.18 Å². The first-order valence-corrected chi connectivity index (χ1v) is 10.1. The van der Waals surface area contributed by atoms with E-state index in [0.717, 1.165) is 16.7 Å². The van der Waals surface area contributed by atoms with Crippen LogP contribution in [0.2, 0.25) is 0 Å². The lowest BCUT2D eigenvalue weighted by Gasteiger charge is -2.21. The van der Waals surface area contributed by atoms with Crippen LogP contribution in [0.4, 0.5) is 4.39 Å². The first kappa shape index (κ1) is 20.5. The molecule has 31 heavy (non-hydrogen) atoms. The summed E-state index contributed by atoms with van der Waals surface area (Å²) in [5.74, 6) is -0.826. The molecule has 0 radical (unpaired) electrons. The molecule has 0 unspecified atom stereocenters. The number of nitrogens with zero attached hydrogens (tertiary/aromatic N) is 2. The number of fused-ring (bicyclic) bond motifs is 1. The Kier molecular flexibility index (Phi) is 5.62. The Morgan fingerprint density at radius 1 is 1.00 bits per heavy atom. The van der Waals surface area contributed by atoms with Gasteiger partial charge in [-0.1, -0.05) is 61.5 Å². The Morgan fingerprint density at radius 3 is 2.39 bits per heavy atom. The third-order valence-electron chi connectivity index (χ3n) is 5.35. The van der Waals surface area contributed by atoms with Crippen molar-refractivity contribution in [3.63, 3.8) is 0 Å². The van der Waals surface area contributed by atoms with Crippen LogP contribution in [-0.2, 0) is 13.5 Å². The van der Waals surface area contributed by atoms with E-state index in [9.17, 15) is 14.0 Å². The molecule has 0 aliphatic rings. The normalized spacial score (nSPS) is 12.0. The predicted octanol–water partition coefficient (Wildman–Crippen LogP) is 4.15. The molecule has 1 atom stereocenters. The summed E-state index contributed by atoms with van der Waals surface area (Å²) in [4.78, 5) is 25.7. The minimum absolute atomic E-state index is 0.143. The summed E-state index contributed by atoms with van der Waals surface area (Å²) >= 11 is 0. The number of carbonyl (C=O) groups excluding carboxylic acids is 1. The number of aromatic nitrogens is 2. The Labute approximate surface area is 179 Å². The molecule has 4 aromatic rings. The van der Waals surface area contributed by atoms with Crippen LogP contribution < -0.4 is 10.9 Å². The summed E-state index contributed by atoms with van der Waals surface area (Å²) in [6.45, 7) is 2.07. The van der Waals surface area contributed by atoms with Crippen LogP contribution in [0.3, 0.4) is 0 Å². The van der Waals surface area contributed by atoms with Gasteiger partial charge in [0.15, 0.2) is 5.69 Å². The van der Waals surface area contributed by atoms with Gasteiger partial charge < -0.3 is 5.32 Å². The van der Waals surface area contributed by atoms with Gasteiger partial charge in [0.05, 0.1) is 11.4 Å². The van der Waals surface area contributed by atoms with Crippen molar-refractivity contribution in [2.75, 3.05) is 0 Å². The molecule has 1 heterocycles. The van der Waals surface area contributed by atoms with E-state index in [2.05, 4.69) is 17.3 Å². The van der Waals surface area contributed by atoms with Crippen molar-refractivity contribution in [1.82, 2.24) is 15.1 Å². The lowest BCUT2D eigenvalue weighted by molar-refractivity contribution is 0.0937. The third kappa shape index (κ3) is 4.10. The number of benzene rings is 3. The van der Waals surface area contributed by atoms with Gasteiger partial charge in [-0.15, -0.1) is 0 Å². The van der Waals surface area contributed by atoms with E-state index >= 15 is 0 Å². The minimum atomic E-state index is -0.577. The van der Waals surface area contributed by atoms with E-state index < -0.39 is 11.9 Å². The highest BCUT2D eigenvalue weighted by Gasteiger charge is 2.22. The smallest absolute Gasteiger partial charge is 0.274 e. The molecule has 1 aromatic heterocycles. The second kappa shape index (κ2) is 8.52. The molecule has 1 N–H and O–H groups in total. The van der Waals surface area contributed by atoms with Crippen molar-refractivity contribution in [3.05, 3.63) is 111 Å². The highest BCUT2D eigenvalue weighted by atomic mass is 19.1. The van der Waals surface area contributed by atoms with Gasteiger partial charge in [-0.25, -0.2) is 9.07 Å². The van der Waals surface area contributed by atoms with Gasteiger partial charge in [-0.05, 0) is 41.3 Å². The first-order chi connectivity index (χ1) is 15.0. The Bertz CT molecular complexity index is 1310. The van der Waals surface area contributed by atoms with Crippen molar-refractivity contribution >= 4 is 16.7 Å². The summed E-state index contributed by atoms with van der Waals surface area (Å²) in [5, 5.41) is 8.08. The molecule has 1 amide bonds. The predicted molar refractivity (Wildman–Crippen MR) is 119 cm³/mol. The Balaban J connectivity index is 1.79. The van der Waals surface area contributed by atoms with Crippen molar-refractivity contribution in [2.45, 2.75) is 19.4 Å². The molecule has 5 nitrogen and oxygen atoms in total. The molecule has 6 heteroatoms. The zero-order chi connectivity index (χ0) is 22.0. The van der Waals surface area contributed by atoms with E-state index in [0.29, 0.717) is 16.3 Å². The second-order valence-electron chi connectivity index (χ2n) is 7.38. The number of amides is 1. The topological polar surface area (TPSA) is 64.0 Å². The molecule has 3 aromatic carbocycles. The maximum atomic E-state index is 14.0. The summed E-state index contributed by atoms with van der Waals surface area (Å²) in [7, 11) is 1.51. The number of nitrogens with one attached hydrogen (secondary N) is 1. The number of halogens is 1. The molecule has 156 valence electrons. The van der Waals surface area contributed by atoms with Gasteiger partial charge in [0.1, 0.15) is 5.82 Å². The van der Waals surface area contributed by atoms with Gasteiger partial charge in [-0.2, -0.15) is 5.10 Å². The number of rotatable bonds is 5. The zero-order valence-corrected chi connectivity index (χ0v) is 17.3. The SMILES string of the molecule is CCc1ccc([C@H](NC(=O)c2nn(C)c(=O)c3ccccc23)c2cccc(F)c2)cc1. The monoisotopic (exact) mass is 415 g/mol. The van der Waals surface area contributed by atoms with Gasteiger partial charge >= 0.3 is 0 Å². The van der Waals surface area contributed by atoms with Crippen LogP contribution in [0.5, 0.6) is 0 Å². The molecule has 0 aliphatic carbocycles. The molecule has 0 saturated carbocycles. The van der Waals surface area contributed by atoms with Gasteiger partial charge in [-0.3, -0.25) is 9.59 Å². The first-order valence-electron chi connectivity index (χ1n) is 10.1. The summed E-state index contributed by atoms with van der Waals surface area (Å²) in [6, 6.07) is 20.3. The fraction of sp³-hybridized carbons (Fsp3) is 0.160. The summed E-state index contributed by atoms with van der Waals surface area (Å²) < 4.78 is 15.1. The van der Waals surface area contributed by atoms with Crippen LogP contribution in [0.25, 0.3) is 10.8 Å². The number of carbonyl (C=O) groups is 1. The number of hydrogen-bond acceptors (Lipinski definition) is 3. The molecule has 0 bridgehead atoms. The largest absolute Gasteiger partial charge is 0.340 e.